The van der Waals surface area contributed by atoms with Crippen molar-refractivity contribution < 1.29 is 13.8 Å². The summed E-state index contributed by atoms with van der Waals surface area (Å²) in [5, 5.41) is 1.04. The van der Waals surface area contributed by atoms with Gasteiger partial charge in [0.1, 0.15) is 0 Å². The van der Waals surface area contributed by atoms with Gasteiger partial charge in [0.05, 0.1) is 0 Å². The number of imide groups is 1. The van der Waals surface area contributed by atoms with Gasteiger partial charge in [0.15, 0.2) is 0 Å². The molecular weight excluding hydrogens is 250 g/mol. The van der Waals surface area contributed by atoms with E-state index in [1.165, 1.54) is 0 Å². The second-order valence-electron chi connectivity index (χ2n) is 3.79. The summed E-state index contributed by atoms with van der Waals surface area (Å²) in [4.78, 5) is 23.0. The maximum absolute atomic E-state index is 11.7. The van der Waals surface area contributed by atoms with Crippen LogP contribution in [0.3, 0.4) is 0 Å². The van der Waals surface area contributed by atoms with E-state index in [9.17, 15) is 13.8 Å². The summed E-state index contributed by atoms with van der Waals surface area (Å²) in [5.41, 5.74) is 0.309. The minimum atomic E-state index is -3.93. The Hall–Kier alpha value is -1.20. The van der Waals surface area contributed by atoms with E-state index in [1.807, 2.05) is 5.32 Å². The molecule has 0 aliphatic rings. The average molecular weight is 262 g/mol. The molecule has 0 radical (unpaired) electrons. The Labute approximate surface area is 97.9 Å². The van der Waals surface area contributed by atoms with Crippen molar-refractivity contribution in [2.24, 2.45) is 0 Å². The van der Waals surface area contributed by atoms with Crippen LogP contribution in [0.15, 0.2) is 30.3 Å². The van der Waals surface area contributed by atoms with Gasteiger partial charge in [-0.25, -0.2) is 0 Å². The van der Waals surface area contributed by atoms with Crippen molar-refractivity contribution in [3.8, 4) is 0 Å². The molecule has 0 aromatic heterocycles. The summed E-state index contributed by atoms with van der Waals surface area (Å²) in [7, 11) is 1.63. The van der Waals surface area contributed by atoms with Crippen LogP contribution in [0.25, 0.3) is 0 Å². The zero-order valence-corrected chi connectivity index (χ0v) is 10.5. The second-order valence-corrected chi connectivity index (χ2v) is 10.2. The quantitative estimate of drug-likeness (QED) is 0.784. The summed E-state index contributed by atoms with van der Waals surface area (Å²) in [5.74, 6) is -0.617. The van der Waals surface area contributed by atoms with Gasteiger partial charge in [-0.15, -0.1) is 0 Å². The lowest BCUT2D eigenvalue weighted by molar-refractivity contribution is 0.0969. The van der Waals surface area contributed by atoms with Crippen LogP contribution >= 0.6 is 10.7 Å². The third-order valence-corrected chi connectivity index (χ3v) is 3.32. The molecule has 1 rings (SSSR count). The highest BCUT2D eigenvalue weighted by atomic mass is 35.7. The van der Waals surface area contributed by atoms with E-state index < -0.39 is 19.4 Å². The van der Waals surface area contributed by atoms with Gasteiger partial charge in [0.2, 0.25) is 0 Å². The Bertz CT molecular complexity index is 481. The van der Waals surface area contributed by atoms with E-state index in [1.54, 1.807) is 30.3 Å². The molecule has 0 fully saturated rings. The second kappa shape index (κ2) is 3.99. The molecule has 0 heterocycles. The van der Waals surface area contributed by atoms with Crippen LogP contribution < -0.4 is 5.32 Å². The maximum Gasteiger partial charge on any atom is 0.307 e. The molecule has 0 aliphatic carbocycles. The lowest BCUT2D eigenvalue weighted by Crippen LogP contribution is -2.43. The number of nitrogens with one attached hydrogen (secondary N) is 1. The Balaban J connectivity index is 2.83. The van der Waals surface area contributed by atoms with Crippen LogP contribution in [0, 0.1) is 0 Å². The Morgan fingerprint density at radius 2 is 1.69 bits per heavy atom. The topological polar surface area (TPSA) is 63.2 Å². The Kier molecular flexibility index (Phi) is 3.21. The van der Waals surface area contributed by atoms with E-state index in [2.05, 4.69) is 0 Å². The minimum Gasteiger partial charge on any atom is -0.281 e. The van der Waals surface area contributed by atoms with Crippen molar-refractivity contribution >= 4 is 30.1 Å². The molecule has 0 saturated carbocycles. The molecule has 6 heteroatoms. The highest BCUT2D eigenvalue weighted by molar-refractivity contribution is 8.47. The third-order valence-electron chi connectivity index (χ3n) is 1.77. The average Bonchev–Trinajstić information content (AvgIpc) is 2.16. The number of amides is 2. The lowest BCUT2D eigenvalue weighted by Gasteiger charge is -2.22. The van der Waals surface area contributed by atoms with Crippen molar-refractivity contribution in [1.82, 2.24) is 5.32 Å². The number of hydrogen-bond donors (Lipinski definition) is 1. The smallest absolute Gasteiger partial charge is 0.281 e. The van der Waals surface area contributed by atoms with Crippen LogP contribution in [0.5, 0.6) is 0 Å². The van der Waals surface area contributed by atoms with Gasteiger partial charge < -0.3 is 0 Å². The summed E-state index contributed by atoms with van der Waals surface area (Å²) in [6.07, 6.45) is 2.21. The lowest BCUT2D eigenvalue weighted by atomic mass is 10.2. The number of benzene rings is 1. The Morgan fingerprint density at radius 1 is 1.19 bits per heavy atom. The van der Waals surface area contributed by atoms with E-state index in [0.717, 1.165) is 12.5 Å². The van der Waals surface area contributed by atoms with Gasteiger partial charge in [-0.1, -0.05) is 18.2 Å². The van der Waals surface area contributed by atoms with Crippen molar-refractivity contribution in [2.75, 3.05) is 12.5 Å². The zero-order valence-electron chi connectivity index (χ0n) is 8.90. The van der Waals surface area contributed by atoms with Crippen molar-refractivity contribution in [3.63, 3.8) is 0 Å². The summed E-state index contributed by atoms with van der Waals surface area (Å²) < 4.78 is 11.7. The van der Waals surface area contributed by atoms with Gasteiger partial charge in [-0.2, -0.15) is 0 Å². The molecule has 0 spiro atoms. The molecule has 16 heavy (non-hydrogen) atoms. The predicted molar refractivity (Wildman–Crippen MR) is 65.1 cm³/mol. The summed E-state index contributed by atoms with van der Waals surface area (Å²) in [6, 6.07) is 8.14. The first kappa shape index (κ1) is 12.9. The first-order valence-corrected chi connectivity index (χ1v) is 8.02. The molecule has 1 aromatic carbocycles. The standard InChI is InChI=1S/C10H12ClNO3S/c1-16(2,11,15)10(14)12-9(13)8-6-4-3-5-7-8/h3-7H,1-2H3,(H,12,13,14). The number of halogens is 1. The van der Waals surface area contributed by atoms with Gasteiger partial charge in [0.25, 0.3) is 5.91 Å². The van der Waals surface area contributed by atoms with Crippen LogP contribution in [0.4, 0.5) is 4.79 Å². The zero-order chi connectivity index (χ0) is 12.4. The normalized spacial score (nSPS) is 13.6. The highest BCUT2D eigenvalue weighted by Crippen LogP contribution is 2.23. The molecule has 1 N–H and O–H groups in total. The van der Waals surface area contributed by atoms with Gasteiger partial charge in [-0.05, 0) is 22.8 Å². The first-order valence-electron chi connectivity index (χ1n) is 4.41. The minimum absolute atomic E-state index is 0.309. The Morgan fingerprint density at radius 3 is 2.12 bits per heavy atom. The third kappa shape index (κ3) is 3.43. The molecule has 2 amide bonds. The van der Waals surface area contributed by atoms with Gasteiger partial charge in [-0.3, -0.25) is 19.1 Å². The first-order chi connectivity index (χ1) is 7.17. The molecule has 88 valence electrons. The van der Waals surface area contributed by atoms with Crippen molar-refractivity contribution in [2.45, 2.75) is 0 Å². The van der Waals surface area contributed by atoms with Crippen molar-refractivity contribution in [1.29, 1.82) is 0 Å². The summed E-state index contributed by atoms with van der Waals surface area (Å²) in [6.45, 7) is 0. The van der Waals surface area contributed by atoms with E-state index in [4.69, 9.17) is 10.7 Å². The molecule has 0 saturated heterocycles. The summed E-state index contributed by atoms with van der Waals surface area (Å²) >= 11 is 0. The van der Waals surface area contributed by atoms with E-state index in [0.29, 0.717) is 5.56 Å². The van der Waals surface area contributed by atoms with Crippen LogP contribution in [-0.4, -0.2) is 27.9 Å². The predicted octanol–water partition coefficient (Wildman–Crippen LogP) is 1.77. The monoisotopic (exact) mass is 261 g/mol. The molecule has 4 nitrogen and oxygen atoms in total. The van der Waals surface area contributed by atoms with Crippen LogP contribution in [-0.2, 0) is 8.28 Å². The van der Waals surface area contributed by atoms with Crippen LogP contribution in [0.1, 0.15) is 10.4 Å². The molecule has 0 atom stereocenters. The number of carbonyl (C=O) groups excluding carboxylic acids is 2. The van der Waals surface area contributed by atoms with E-state index in [-0.39, 0.29) is 0 Å². The van der Waals surface area contributed by atoms with Gasteiger partial charge in [0, 0.05) is 26.4 Å². The largest absolute Gasteiger partial charge is 0.307 e. The molecule has 1 aromatic rings. The SMILES string of the molecule is CS(C)(=O)(Cl)C(=O)NC(=O)c1ccccc1. The molecule has 0 aliphatic heterocycles. The highest BCUT2D eigenvalue weighted by Gasteiger charge is 2.33. The van der Waals surface area contributed by atoms with Crippen LogP contribution in [0.2, 0.25) is 0 Å². The molecular formula is C10H12ClNO3S. The van der Waals surface area contributed by atoms with E-state index >= 15 is 0 Å². The molecule has 0 bridgehead atoms. The number of rotatable bonds is 1. The molecule has 0 unspecified atom stereocenters. The number of hydrogen-bond acceptors (Lipinski definition) is 3. The fraction of sp³-hybridized carbons (Fsp3) is 0.200. The maximum atomic E-state index is 11.7. The number of carbonyl (C=O) groups is 2. The van der Waals surface area contributed by atoms with Crippen molar-refractivity contribution in [3.05, 3.63) is 35.9 Å². The fourth-order valence-electron chi connectivity index (χ4n) is 0.897. The van der Waals surface area contributed by atoms with Gasteiger partial charge >= 0.3 is 5.24 Å². The fourth-order valence-corrected chi connectivity index (χ4v) is 1.39.